The van der Waals surface area contributed by atoms with Gasteiger partial charge in [0.15, 0.2) is 0 Å². The maximum absolute atomic E-state index is 14.0. The van der Waals surface area contributed by atoms with Crippen LogP contribution in [-0.2, 0) is 20.7 Å². The fourth-order valence-electron chi connectivity index (χ4n) is 6.12. The van der Waals surface area contributed by atoms with E-state index in [0.717, 1.165) is 37.7 Å². The number of halogens is 1. The van der Waals surface area contributed by atoms with Gasteiger partial charge in [0.2, 0.25) is 11.8 Å². The summed E-state index contributed by atoms with van der Waals surface area (Å²) >= 11 is 6.11. The third kappa shape index (κ3) is 7.90. The minimum absolute atomic E-state index is 0.00780. The molecular weight excluding hydrogens is 528 g/mol. The lowest BCUT2D eigenvalue weighted by atomic mass is 9.92. The van der Waals surface area contributed by atoms with Crippen LogP contribution in [-0.4, -0.2) is 88.6 Å². The van der Waals surface area contributed by atoms with E-state index in [4.69, 9.17) is 16.3 Å². The number of rotatable bonds is 8. The van der Waals surface area contributed by atoms with Crippen molar-refractivity contribution in [3.63, 3.8) is 0 Å². The molecule has 1 aromatic rings. The molecule has 2 saturated heterocycles. The molecule has 0 bridgehead atoms. The van der Waals surface area contributed by atoms with Crippen molar-refractivity contribution in [1.82, 2.24) is 20.0 Å². The number of likely N-dealkylation sites (tertiary alicyclic amines) is 2. The Morgan fingerprint density at radius 3 is 2.23 bits per heavy atom. The molecule has 0 spiro atoms. The molecule has 4 rings (SSSR count). The first-order chi connectivity index (χ1) is 18.9. The van der Waals surface area contributed by atoms with Gasteiger partial charge < -0.3 is 19.4 Å². The largest absolute Gasteiger partial charge is 0.444 e. The summed E-state index contributed by atoms with van der Waals surface area (Å²) in [6.07, 6.45) is 6.68. The normalized spacial score (nSPS) is 21.3. The van der Waals surface area contributed by atoms with E-state index in [1.807, 2.05) is 63.8 Å². The van der Waals surface area contributed by atoms with Gasteiger partial charge in [-0.1, -0.05) is 56.8 Å². The van der Waals surface area contributed by atoms with E-state index in [9.17, 15) is 14.4 Å². The van der Waals surface area contributed by atoms with Crippen molar-refractivity contribution in [2.75, 3.05) is 26.2 Å². The summed E-state index contributed by atoms with van der Waals surface area (Å²) in [5.41, 5.74) is 0.477. The molecule has 3 aliphatic rings. The van der Waals surface area contributed by atoms with Gasteiger partial charge in [0, 0.05) is 49.2 Å². The highest BCUT2D eigenvalue weighted by Crippen LogP contribution is 2.29. The van der Waals surface area contributed by atoms with E-state index in [1.165, 1.54) is 6.42 Å². The number of carbonyl (C=O) groups excluding carboxylic acids is 3. The number of nitrogens with zero attached hydrogens (tertiary/aromatic N) is 3. The molecular formula is C31H47ClN4O4. The quantitative estimate of drug-likeness (QED) is 0.479. The molecule has 2 atom stereocenters. The maximum atomic E-state index is 14.0. The third-order valence-electron chi connectivity index (χ3n) is 8.21. The molecule has 2 aliphatic heterocycles. The number of carbonyl (C=O) groups is 3. The molecule has 1 saturated carbocycles. The molecule has 2 heterocycles. The Hall–Kier alpha value is -2.32. The zero-order valence-corrected chi connectivity index (χ0v) is 25.6. The fraction of sp³-hybridized carbons (Fsp3) is 0.710. The molecule has 1 N–H and O–H groups in total. The molecule has 3 amide bonds. The Morgan fingerprint density at radius 1 is 0.975 bits per heavy atom. The van der Waals surface area contributed by atoms with E-state index in [-0.39, 0.29) is 42.0 Å². The standard InChI is InChI=1S/C31H47ClN4O4/c1-21(2)28(37)36(25-9-7-6-8-10-25)26-15-16-34(20-26)29(38)27(17-22-11-13-23(32)14-12-22)33-24-18-35(19-24)30(39)40-31(3,4)5/h11-14,21,24-27,33H,6-10,15-20H2,1-5H3/t26-,27+/m0/s1. The Labute approximate surface area is 244 Å². The lowest BCUT2D eigenvalue weighted by molar-refractivity contribution is -0.141. The number of nitrogens with one attached hydrogen (secondary N) is 1. The Balaban J connectivity index is 1.43. The second-order valence-corrected chi connectivity index (χ2v) is 13.5. The molecule has 1 aromatic carbocycles. The summed E-state index contributed by atoms with van der Waals surface area (Å²) in [5, 5.41) is 4.19. The Bertz CT molecular complexity index is 1030. The average Bonchev–Trinajstić information content (AvgIpc) is 3.35. The van der Waals surface area contributed by atoms with Gasteiger partial charge in [-0.3, -0.25) is 14.9 Å². The third-order valence-corrected chi connectivity index (χ3v) is 8.46. The number of amides is 3. The van der Waals surface area contributed by atoms with Gasteiger partial charge in [0.05, 0.1) is 12.1 Å². The van der Waals surface area contributed by atoms with Crippen LogP contribution < -0.4 is 5.32 Å². The Morgan fingerprint density at radius 2 is 1.62 bits per heavy atom. The monoisotopic (exact) mass is 574 g/mol. The molecule has 0 radical (unpaired) electrons. The van der Waals surface area contributed by atoms with Crippen LogP contribution in [0.15, 0.2) is 24.3 Å². The SMILES string of the molecule is CC(C)C(=O)N(C1CCCCC1)[C@H]1CCN(C(=O)[C@@H](Cc2ccc(Cl)cc2)NC2CN(C(=O)OC(C)(C)C)C2)C1. The number of hydrogen-bond donors (Lipinski definition) is 1. The van der Waals surface area contributed by atoms with E-state index in [1.54, 1.807) is 4.90 Å². The van der Waals surface area contributed by atoms with Crippen LogP contribution in [0.5, 0.6) is 0 Å². The molecule has 222 valence electrons. The van der Waals surface area contributed by atoms with E-state index >= 15 is 0 Å². The van der Waals surface area contributed by atoms with Crippen LogP contribution in [0.3, 0.4) is 0 Å². The number of ether oxygens (including phenoxy) is 1. The van der Waals surface area contributed by atoms with Gasteiger partial charge in [-0.2, -0.15) is 0 Å². The molecule has 3 fully saturated rings. The van der Waals surface area contributed by atoms with Gasteiger partial charge >= 0.3 is 6.09 Å². The molecule has 0 aromatic heterocycles. The highest BCUT2D eigenvalue weighted by Gasteiger charge is 2.41. The number of benzene rings is 1. The van der Waals surface area contributed by atoms with Crippen LogP contribution >= 0.6 is 11.6 Å². The average molecular weight is 575 g/mol. The maximum Gasteiger partial charge on any atom is 0.410 e. The zero-order chi connectivity index (χ0) is 29.0. The van der Waals surface area contributed by atoms with E-state index in [0.29, 0.717) is 37.6 Å². The highest BCUT2D eigenvalue weighted by atomic mass is 35.5. The Kier molecular flexibility index (Phi) is 10.0. The van der Waals surface area contributed by atoms with Gasteiger partial charge in [-0.25, -0.2) is 4.79 Å². The first-order valence-corrected chi connectivity index (χ1v) is 15.4. The summed E-state index contributed by atoms with van der Waals surface area (Å²) in [5.74, 6) is 0.199. The van der Waals surface area contributed by atoms with Crippen molar-refractivity contribution in [3.8, 4) is 0 Å². The van der Waals surface area contributed by atoms with Gasteiger partial charge in [0.1, 0.15) is 5.60 Å². The molecule has 8 nitrogen and oxygen atoms in total. The van der Waals surface area contributed by atoms with Crippen molar-refractivity contribution >= 4 is 29.5 Å². The van der Waals surface area contributed by atoms with Crippen molar-refractivity contribution < 1.29 is 19.1 Å². The smallest absolute Gasteiger partial charge is 0.410 e. The minimum Gasteiger partial charge on any atom is -0.444 e. The minimum atomic E-state index is -0.544. The summed E-state index contributed by atoms with van der Waals surface area (Å²) < 4.78 is 5.49. The molecule has 40 heavy (non-hydrogen) atoms. The second-order valence-electron chi connectivity index (χ2n) is 13.1. The molecule has 9 heteroatoms. The molecule has 1 aliphatic carbocycles. The lowest BCUT2D eigenvalue weighted by Crippen LogP contribution is -2.64. The summed E-state index contributed by atoms with van der Waals surface area (Å²) in [6.45, 7) is 11.7. The van der Waals surface area contributed by atoms with Crippen molar-refractivity contribution in [2.24, 2.45) is 5.92 Å². The summed E-state index contributed by atoms with van der Waals surface area (Å²) in [7, 11) is 0. The molecule has 0 unspecified atom stereocenters. The van der Waals surface area contributed by atoms with Crippen LogP contribution in [0.25, 0.3) is 0 Å². The first kappa shape index (κ1) is 30.6. The highest BCUT2D eigenvalue weighted by molar-refractivity contribution is 6.30. The van der Waals surface area contributed by atoms with Crippen LogP contribution in [0, 0.1) is 5.92 Å². The predicted octanol–water partition coefficient (Wildman–Crippen LogP) is 4.88. The summed E-state index contributed by atoms with van der Waals surface area (Å²) in [6, 6.07) is 7.51. The summed E-state index contributed by atoms with van der Waals surface area (Å²) in [4.78, 5) is 45.5. The van der Waals surface area contributed by atoms with Gasteiger partial charge in [-0.15, -0.1) is 0 Å². The zero-order valence-electron chi connectivity index (χ0n) is 24.8. The lowest BCUT2D eigenvalue weighted by Gasteiger charge is -2.42. The van der Waals surface area contributed by atoms with Gasteiger partial charge in [0.25, 0.3) is 0 Å². The first-order valence-electron chi connectivity index (χ1n) is 15.0. The number of hydrogen-bond acceptors (Lipinski definition) is 5. The van der Waals surface area contributed by atoms with E-state index in [2.05, 4.69) is 10.2 Å². The van der Waals surface area contributed by atoms with Crippen molar-refractivity contribution in [1.29, 1.82) is 0 Å². The predicted molar refractivity (Wildman–Crippen MR) is 157 cm³/mol. The van der Waals surface area contributed by atoms with Crippen LogP contribution in [0.4, 0.5) is 4.79 Å². The topological polar surface area (TPSA) is 82.2 Å². The second kappa shape index (κ2) is 13.1. The van der Waals surface area contributed by atoms with E-state index < -0.39 is 11.6 Å². The van der Waals surface area contributed by atoms with Crippen LogP contribution in [0.2, 0.25) is 5.02 Å². The van der Waals surface area contributed by atoms with Gasteiger partial charge in [-0.05, 0) is 64.2 Å². The van der Waals surface area contributed by atoms with Crippen molar-refractivity contribution in [2.45, 2.75) is 109 Å². The fourth-order valence-corrected chi connectivity index (χ4v) is 6.25. The van der Waals surface area contributed by atoms with Crippen LogP contribution in [0.1, 0.15) is 78.7 Å². The van der Waals surface area contributed by atoms with Crippen molar-refractivity contribution in [3.05, 3.63) is 34.9 Å².